The number of nitrogens with zero attached hydrogens (tertiary/aromatic N) is 1. The van der Waals surface area contributed by atoms with Gasteiger partial charge in [-0.3, -0.25) is 4.90 Å². The van der Waals surface area contributed by atoms with Gasteiger partial charge in [-0.2, -0.15) is 13.2 Å². The normalized spacial score (nSPS) is 27.9. The van der Waals surface area contributed by atoms with E-state index in [2.05, 4.69) is 15.9 Å². The highest BCUT2D eigenvalue weighted by Crippen LogP contribution is 2.27. The van der Waals surface area contributed by atoms with Gasteiger partial charge in [0.2, 0.25) is 0 Å². The molecule has 0 spiro atoms. The van der Waals surface area contributed by atoms with Crippen LogP contribution < -0.4 is 0 Å². The molecule has 2 unspecified atom stereocenters. The number of hydrogen-bond acceptors (Lipinski definition) is 2. The number of hydrogen-bond donors (Lipinski definition) is 1. The van der Waals surface area contributed by atoms with E-state index in [0.29, 0.717) is 19.5 Å². The van der Waals surface area contributed by atoms with Gasteiger partial charge in [-0.1, -0.05) is 15.9 Å². The minimum atomic E-state index is -4.20. The maximum atomic E-state index is 12.1. The summed E-state index contributed by atoms with van der Waals surface area (Å²) in [6.45, 7) is 0.804. The molecule has 1 rings (SSSR count). The van der Waals surface area contributed by atoms with Gasteiger partial charge in [0.15, 0.2) is 0 Å². The van der Waals surface area contributed by atoms with Crippen LogP contribution in [0.3, 0.4) is 0 Å². The molecule has 0 aromatic carbocycles. The van der Waals surface area contributed by atoms with Crippen LogP contribution in [-0.4, -0.2) is 46.7 Å². The molecule has 0 aromatic rings. The first-order chi connectivity index (χ1) is 5.89. The Morgan fingerprint density at radius 3 is 2.54 bits per heavy atom. The van der Waals surface area contributed by atoms with Gasteiger partial charge < -0.3 is 5.11 Å². The summed E-state index contributed by atoms with van der Waals surface area (Å²) >= 11 is 2.58. The Kier molecular flexibility index (Phi) is 3.59. The van der Waals surface area contributed by atoms with Crippen LogP contribution in [0.15, 0.2) is 0 Å². The fourth-order valence-electron chi connectivity index (χ4n) is 1.31. The van der Waals surface area contributed by atoms with Crippen LogP contribution in [0.25, 0.3) is 0 Å². The highest BCUT2D eigenvalue weighted by molar-refractivity contribution is 9.09. The summed E-state index contributed by atoms with van der Waals surface area (Å²) in [5, 5.41) is 9.08. The summed E-state index contributed by atoms with van der Waals surface area (Å²) in [6.07, 6.45) is -4.10. The highest BCUT2D eigenvalue weighted by Gasteiger charge is 2.39. The maximum Gasteiger partial charge on any atom is 0.402 e. The van der Waals surface area contributed by atoms with E-state index < -0.39 is 17.1 Å². The predicted molar refractivity (Wildman–Crippen MR) is 45.8 cm³/mol. The molecule has 1 aliphatic rings. The van der Waals surface area contributed by atoms with Crippen LogP contribution in [0.4, 0.5) is 13.2 Å². The van der Waals surface area contributed by atoms with E-state index in [1.54, 1.807) is 4.90 Å². The molecule has 1 aliphatic heterocycles. The van der Waals surface area contributed by atoms with Crippen LogP contribution >= 0.6 is 15.9 Å². The maximum absolute atomic E-state index is 12.1. The Morgan fingerprint density at radius 2 is 2.15 bits per heavy atom. The quantitative estimate of drug-likeness (QED) is 0.760. The number of halogens is 4. The monoisotopic (exact) mass is 261 g/mol. The van der Waals surface area contributed by atoms with Crippen molar-refractivity contribution in [1.29, 1.82) is 0 Å². The van der Waals surface area contributed by atoms with Crippen molar-refractivity contribution in [3.63, 3.8) is 0 Å². The summed E-state index contributed by atoms with van der Waals surface area (Å²) < 4.78 is 36.2. The number of aliphatic hydroxyl groups is 1. The van der Waals surface area contributed by atoms with Gasteiger partial charge >= 0.3 is 6.18 Å². The molecular weight excluding hydrogens is 251 g/mol. The topological polar surface area (TPSA) is 23.5 Å². The van der Waals surface area contributed by atoms with Gasteiger partial charge in [-0.05, 0) is 6.42 Å². The average molecular weight is 262 g/mol. The standard InChI is InChI=1S/C7H11BrF3NO/c8-6(7(9,10)11)4-12-2-1-5(13)3-12/h5-6,13H,1-4H2. The molecule has 6 heteroatoms. The van der Waals surface area contributed by atoms with Crippen molar-refractivity contribution in [3.05, 3.63) is 0 Å². The third kappa shape index (κ3) is 3.44. The molecule has 0 amide bonds. The Balaban J connectivity index is 2.33. The first-order valence-corrected chi connectivity index (χ1v) is 4.92. The van der Waals surface area contributed by atoms with E-state index in [9.17, 15) is 13.2 Å². The van der Waals surface area contributed by atoms with E-state index in [1.165, 1.54) is 0 Å². The van der Waals surface area contributed by atoms with Gasteiger partial charge in [0.1, 0.15) is 4.83 Å². The smallest absolute Gasteiger partial charge is 0.392 e. The van der Waals surface area contributed by atoms with E-state index >= 15 is 0 Å². The fourth-order valence-corrected chi connectivity index (χ4v) is 1.72. The van der Waals surface area contributed by atoms with Crippen molar-refractivity contribution < 1.29 is 18.3 Å². The zero-order chi connectivity index (χ0) is 10.1. The van der Waals surface area contributed by atoms with Crippen LogP contribution in [0.2, 0.25) is 0 Å². The number of rotatable bonds is 2. The number of alkyl halides is 4. The first kappa shape index (κ1) is 11.3. The van der Waals surface area contributed by atoms with E-state index in [1.807, 2.05) is 0 Å². The van der Waals surface area contributed by atoms with Crippen molar-refractivity contribution in [2.24, 2.45) is 0 Å². The summed E-state index contributed by atoms with van der Waals surface area (Å²) in [6, 6.07) is 0. The van der Waals surface area contributed by atoms with E-state index in [0.717, 1.165) is 0 Å². The van der Waals surface area contributed by atoms with Gasteiger partial charge in [-0.15, -0.1) is 0 Å². The molecule has 1 heterocycles. The Bertz CT molecular complexity index is 176. The molecule has 0 saturated carbocycles. The highest BCUT2D eigenvalue weighted by atomic mass is 79.9. The Morgan fingerprint density at radius 1 is 1.54 bits per heavy atom. The van der Waals surface area contributed by atoms with Crippen molar-refractivity contribution >= 4 is 15.9 Å². The second-order valence-electron chi connectivity index (χ2n) is 3.21. The van der Waals surface area contributed by atoms with Crippen molar-refractivity contribution in [2.75, 3.05) is 19.6 Å². The zero-order valence-corrected chi connectivity index (χ0v) is 8.48. The molecule has 2 nitrogen and oxygen atoms in total. The lowest BCUT2D eigenvalue weighted by Gasteiger charge is -2.20. The first-order valence-electron chi connectivity index (χ1n) is 4.01. The Labute approximate surface area is 82.8 Å². The van der Waals surface area contributed by atoms with E-state index in [-0.39, 0.29) is 6.54 Å². The van der Waals surface area contributed by atoms with Crippen LogP contribution in [-0.2, 0) is 0 Å². The number of aliphatic hydroxyl groups excluding tert-OH is 1. The third-order valence-corrected chi connectivity index (χ3v) is 2.83. The number of likely N-dealkylation sites (tertiary alicyclic amines) is 1. The van der Waals surface area contributed by atoms with Gasteiger partial charge in [0.25, 0.3) is 0 Å². The molecule has 0 radical (unpaired) electrons. The SMILES string of the molecule is OC1CCN(CC(Br)C(F)(F)F)C1. The number of β-amino-alcohol motifs (C(OH)–C–C–N with tert-alkyl or cyclic N) is 1. The van der Waals surface area contributed by atoms with Crippen LogP contribution in [0.5, 0.6) is 0 Å². The van der Waals surface area contributed by atoms with E-state index in [4.69, 9.17) is 5.11 Å². The summed E-state index contributed by atoms with van der Waals surface area (Å²) in [5.41, 5.74) is 0. The fraction of sp³-hybridized carbons (Fsp3) is 1.00. The van der Waals surface area contributed by atoms with Gasteiger partial charge in [0.05, 0.1) is 6.10 Å². The Hall–Kier alpha value is 0.190. The molecule has 0 aromatic heterocycles. The zero-order valence-electron chi connectivity index (χ0n) is 6.89. The average Bonchev–Trinajstić information content (AvgIpc) is 2.33. The molecule has 1 N–H and O–H groups in total. The molecule has 0 bridgehead atoms. The second-order valence-corrected chi connectivity index (χ2v) is 4.32. The van der Waals surface area contributed by atoms with Crippen LogP contribution in [0.1, 0.15) is 6.42 Å². The van der Waals surface area contributed by atoms with Crippen molar-refractivity contribution in [2.45, 2.75) is 23.5 Å². The molecule has 1 saturated heterocycles. The van der Waals surface area contributed by atoms with Crippen molar-refractivity contribution in [3.8, 4) is 0 Å². The summed E-state index contributed by atoms with van der Waals surface area (Å²) in [5.74, 6) is 0. The molecule has 2 atom stereocenters. The molecule has 0 aliphatic carbocycles. The lowest BCUT2D eigenvalue weighted by atomic mass is 10.3. The molecule has 78 valence electrons. The van der Waals surface area contributed by atoms with Crippen LogP contribution in [0, 0.1) is 0 Å². The third-order valence-electron chi connectivity index (χ3n) is 2.02. The summed E-state index contributed by atoms with van der Waals surface area (Å²) in [7, 11) is 0. The summed E-state index contributed by atoms with van der Waals surface area (Å²) in [4.78, 5) is 0.114. The molecular formula is C7H11BrF3NO. The largest absolute Gasteiger partial charge is 0.402 e. The van der Waals surface area contributed by atoms with Gasteiger partial charge in [-0.25, -0.2) is 0 Å². The second kappa shape index (κ2) is 4.14. The minimum Gasteiger partial charge on any atom is -0.392 e. The molecule has 1 fully saturated rings. The van der Waals surface area contributed by atoms with Gasteiger partial charge in [0, 0.05) is 19.6 Å². The minimum absolute atomic E-state index is 0.0828. The lowest BCUT2D eigenvalue weighted by Crippen LogP contribution is -2.36. The molecule has 13 heavy (non-hydrogen) atoms. The predicted octanol–water partition coefficient (Wildman–Crippen LogP) is 1.38. The lowest BCUT2D eigenvalue weighted by molar-refractivity contribution is -0.130. The van der Waals surface area contributed by atoms with Crippen molar-refractivity contribution in [1.82, 2.24) is 4.90 Å².